The third-order valence-electron chi connectivity index (χ3n) is 1.09. The van der Waals surface area contributed by atoms with E-state index in [2.05, 4.69) is 0 Å². The predicted molar refractivity (Wildman–Crippen MR) is 45.5 cm³/mol. The van der Waals surface area contributed by atoms with E-state index < -0.39 is 0 Å². The molecule has 0 saturated heterocycles. The Labute approximate surface area is 67.6 Å². The summed E-state index contributed by atoms with van der Waals surface area (Å²) in [6.07, 6.45) is 4.47. The Kier molecular flexibility index (Phi) is 5.39. The van der Waals surface area contributed by atoms with Gasteiger partial charge in [0.15, 0.2) is 0 Å². The van der Waals surface area contributed by atoms with E-state index in [-0.39, 0.29) is 0 Å². The van der Waals surface area contributed by atoms with E-state index >= 15 is 0 Å². The molecular weight excluding hydrogens is 140 g/mol. The summed E-state index contributed by atoms with van der Waals surface area (Å²) in [7, 11) is 1.57. The number of methoxy groups -OCH3 is 1. The Morgan fingerprint density at radius 1 is 1.36 bits per heavy atom. The lowest BCUT2D eigenvalue weighted by Gasteiger charge is -1.94. The molecule has 0 unspecified atom stereocenters. The first-order valence-electron chi connectivity index (χ1n) is 3.49. The summed E-state index contributed by atoms with van der Waals surface area (Å²) < 4.78 is 4.80. The van der Waals surface area contributed by atoms with Crippen LogP contribution in [0.4, 0.5) is 0 Å². The topological polar surface area (TPSA) is 26.3 Å². The van der Waals surface area contributed by atoms with Gasteiger partial charge in [-0.2, -0.15) is 0 Å². The van der Waals surface area contributed by atoms with Crippen LogP contribution < -0.4 is 0 Å². The van der Waals surface area contributed by atoms with E-state index in [1.807, 2.05) is 19.9 Å². The lowest BCUT2D eigenvalue weighted by atomic mass is 10.2. The first-order chi connectivity index (χ1) is 5.20. The summed E-state index contributed by atoms with van der Waals surface area (Å²) in [5, 5.41) is 0. The summed E-state index contributed by atoms with van der Waals surface area (Å²) in [6, 6.07) is 0. The average molecular weight is 154 g/mol. The fourth-order valence-electron chi connectivity index (χ4n) is 0.562. The fourth-order valence-corrected chi connectivity index (χ4v) is 0.562. The van der Waals surface area contributed by atoms with Gasteiger partial charge >= 0.3 is 0 Å². The van der Waals surface area contributed by atoms with Gasteiger partial charge < -0.3 is 4.74 Å². The van der Waals surface area contributed by atoms with Gasteiger partial charge in [0.2, 0.25) is 0 Å². The van der Waals surface area contributed by atoms with E-state index in [1.165, 1.54) is 5.57 Å². The lowest BCUT2D eigenvalue weighted by molar-refractivity contribution is -0.105. The summed E-state index contributed by atoms with van der Waals surface area (Å²) in [5.74, 6) is 0. The van der Waals surface area contributed by atoms with Gasteiger partial charge in [0.25, 0.3) is 0 Å². The summed E-state index contributed by atoms with van der Waals surface area (Å²) >= 11 is 0. The van der Waals surface area contributed by atoms with E-state index in [0.29, 0.717) is 12.2 Å². The molecule has 2 heteroatoms. The van der Waals surface area contributed by atoms with Crippen LogP contribution in [0.2, 0.25) is 0 Å². The highest BCUT2D eigenvalue weighted by Crippen LogP contribution is 1.95. The second-order valence-corrected chi connectivity index (χ2v) is 2.54. The Bertz CT molecular complexity index is 174. The number of hydrogen-bond acceptors (Lipinski definition) is 2. The van der Waals surface area contributed by atoms with Crippen molar-refractivity contribution in [2.75, 3.05) is 13.7 Å². The van der Waals surface area contributed by atoms with Crippen LogP contribution in [0.3, 0.4) is 0 Å². The summed E-state index contributed by atoms with van der Waals surface area (Å²) in [5.41, 5.74) is 1.83. The maximum absolute atomic E-state index is 10.3. The molecule has 0 aromatic heterocycles. The zero-order valence-corrected chi connectivity index (χ0v) is 7.26. The highest BCUT2D eigenvalue weighted by Gasteiger charge is 1.90. The maximum atomic E-state index is 10.3. The zero-order valence-electron chi connectivity index (χ0n) is 7.26. The van der Waals surface area contributed by atoms with Crippen LogP contribution in [0.15, 0.2) is 23.3 Å². The molecule has 0 aliphatic heterocycles. The molecule has 0 radical (unpaired) electrons. The van der Waals surface area contributed by atoms with Gasteiger partial charge in [0, 0.05) is 12.7 Å². The predicted octanol–water partition coefficient (Wildman–Crippen LogP) is 1.72. The fraction of sp³-hybridized carbons (Fsp3) is 0.444. The molecule has 0 atom stereocenters. The lowest BCUT2D eigenvalue weighted by Crippen LogP contribution is -1.94. The van der Waals surface area contributed by atoms with E-state index in [9.17, 15) is 4.79 Å². The van der Waals surface area contributed by atoms with Gasteiger partial charge in [-0.1, -0.05) is 17.7 Å². The van der Waals surface area contributed by atoms with Gasteiger partial charge in [-0.3, -0.25) is 4.79 Å². The first-order valence-corrected chi connectivity index (χ1v) is 3.49. The monoisotopic (exact) mass is 154 g/mol. The normalized spacial score (nSPS) is 11.0. The van der Waals surface area contributed by atoms with Crippen molar-refractivity contribution in [3.63, 3.8) is 0 Å². The van der Waals surface area contributed by atoms with E-state index in [1.54, 1.807) is 13.2 Å². The number of rotatable bonds is 4. The number of carbonyl (C=O) groups excluding carboxylic acids is 1. The second kappa shape index (κ2) is 5.86. The summed E-state index contributed by atoms with van der Waals surface area (Å²) in [6.45, 7) is 4.34. The summed E-state index contributed by atoms with van der Waals surface area (Å²) in [4.78, 5) is 10.3. The average Bonchev–Trinajstić information content (AvgIpc) is 1.97. The smallest absolute Gasteiger partial charge is 0.148 e. The molecule has 0 rings (SSSR count). The van der Waals surface area contributed by atoms with Crippen molar-refractivity contribution >= 4 is 6.29 Å². The first kappa shape index (κ1) is 10.1. The Morgan fingerprint density at radius 3 is 2.36 bits per heavy atom. The SMILES string of the molecule is COC/C(C=O)=C\C=C(C)C. The van der Waals surface area contributed by atoms with Gasteiger partial charge in [-0.05, 0) is 13.8 Å². The Hall–Kier alpha value is -0.890. The van der Waals surface area contributed by atoms with Crippen molar-refractivity contribution in [2.24, 2.45) is 0 Å². The molecule has 0 bridgehead atoms. The molecule has 0 aliphatic rings. The van der Waals surface area contributed by atoms with Crippen molar-refractivity contribution in [3.05, 3.63) is 23.3 Å². The van der Waals surface area contributed by atoms with Crippen LogP contribution in [0.25, 0.3) is 0 Å². The third-order valence-corrected chi connectivity index (χ3v) is 1.09. The highest BCUT2D eigenvalue weighted by atomic mass is 16.5. The second-order valence-electron chi connectivity index (χ2n) is 2.54. The van der Waals surface area contributed by atoms with Crippen molar-refractivity contribution in [3.8, 4) is 0 Å². The molecule has 0 N–H and O–H groups in total. The van der Waals surface area contributed by atoms with E-state index in [0.717, 1.165) is 6.29 Å². The van der Waals surface area contributed by atoms with Gasteiger partial charge in [-0.15, -0.1) is 0 Å². The van der Waals surface area contributed by atoms with Crippen LogP contribution in [0.5, 0.6) is 0 Å². The van der Waals surface area contributed by atoms with Crippen LogP contribution in [-0.2, 0) is 9.53 Å². The minimum absolute atomic E-state index is 0.382. The van der Waals surface area contributed by atoms with Gasteiger partial charge in [-0.25, -0.2) is 0 Å². The standard InChI is InChI=1S/C9H14O2/c1-8(2)4-5-9(6-10)7-11-3/h4-6H,7H2,1-3H3/b9-5-. The molecule has 62 valence electrons. The van der Waals surface area contributed by atoms with E-state index in [4.69, 9.17) is 4.74 Å². The zero-order chi connectivity index (χ0) is 8.69. The molecule has 0 fully saturated rings. The molecule has 0 aromatic carbocycles. The molecule has 2 nitrogen and oxygen atoms in total. The number of allylic oxidation sites excluding steroid dienone is 3. The largest absolute Gasteiger partial charge is 0.380 e. The molecule has 0 saturated carbocycles. The van der Waals surface area contributed by atoms with Crippen molar-refractivity contribution in [1.82, 2.24) is 0 Å². The number of carbonyl (C=O) groups is 1. The minimum Gasteiger partial charge on any atom is -0.380 e. The quantitative estimate of drug-likeness (QED) is 0.350. The molecule has 0 spiro atoms. The van der Waals surface area contributed by atoms with Crippen LogP contribution in [0.1, 0.15) is 13.8 Å². The number of aldehydes is 1. The molecular formula is C9H14O2. The Balaban J connectivity index is 4.11. The van der Waals surface area contributed by atoms with Crippen LogP contribution in [-0.4, -0.2) is 20.0 Å². The molecule has 0 heterocycles. The highest BCUT2D eigenvalue weighted by molar-refractivity contribution is 5.74. The molecule has 0 amide bonds. The molecule has 0 aromatic rings. The van der Waals surface area contributed by atoms with Crippen molar-refractivity contribution in [2.45, 2.75) is 13.8 Å². The minimum atomic E-state index is 0.382. The van der Waals surface area contributed by atoms with Crippen LogP contribution >= 0.6 is 0 Å². The van der Waals surface area contributed by atoms with Gasteiger partial charge in [0.05, 0.1) is 6.61 Å². The van der Waals surface area contributed by atoms with Crippen LogP contribution in [0, 0.1) is 0 Å². The Morgan fingerprint density at radius 2 is 2.00 bits per heavy atom. The van der Waals surface area contributed by atoms with Gasteiger partial charge in [0.1, 0.15) is 6.29 Å². The third kappa shape index (κ3) is 5.55. The molecule has 11 heavy (non-hydrogen) atoms. The molecule has 0 aliphatic carbocycles. The number of hydrogen-bond donors (Lipinski definition) is 0. The number of ether oxygens (including phenoxy) is 1. The van der Waals surface area contributed by atoms with Crippen molar-refractivity contribution in [1.29, 1.82) is 0 Å². The maximum Gasteiger partial charge on any atom is 0.148 e. The van der Waals surface area contributed by atoms with Crippen molar-refractivity contribution < 1.29 is 9.53 Å².